The fourth-order valence-corrected chi connectivity index (χ4v) is 6.62. The fraction of sp³-hybridized carbons (Fsp3) is 0.500. The first-order chi connectivity index (χ1) is 21.1. The van der Waals surface area contributed by atoms with Crippen molar-refractivity contribution in [2.24, 2.45) is 0 Å². The van der Waals surface area contributed by atoms with E-state index >= 15 is 0 Å². The fourth-order valence-electron chi connectivity index (χ4n) is 6.62. The molecule has 0 bridgehead atoms. The Bertz CT molecular complexity index is 1390. The second kappa shape index (κ2) is 13.2. The minimum atomic E-state index is -4.57. The van der Waals surface area contributed by atoms with Crippen LogP contribution in [-0.2, 0) is 17.6 Å². The van der Waals surface area contributed by atoms with Crippen molar-refractivity contribution in [1.82, 2.24) is 10.2 Å². The number of carbonyl (C=O) groups excluding carboxylic acids is 2. The maximum atomic E-state index is 14.2. The van der Waals surface area contributed by atoms with E-state index in [1.54, 1.807) is 18.2 Å². The molecule has 1 saturated carbocycles. The van der Waals surface area contributed by atoms with Crippen molar-refractivity contribution in [3.05, 3.63) is 70.3 Å². The molecule has 3 aliphatic rings. The van der Waals surface area contributed by atoms with Gasteiger partial charge in [0.05, 0.1) is 37.8 Å². The van der Waals surface area contributed by atoms with Crippen LogP contribution in [0.3, 0.4) is 0 Å². The van der Waals surface area contributed by atoms with Crippen LogP contribution >= 0.6 is 0 Å². The molecule has 2 aromatic rings. The van der Waals surface area contributed by atoms with E-state index in [1.807, 2.05) is 0 Å². The number of carbonyl (C=O) groups is 2. The quantitative estimate of drug-likeness (QED) is 0.332. The van der Waals surface area contributed by atoms with E-state index in [4.69, 9.17) is 9.47 Å². The number of nitrogens with zero attached hydrogens (tertiary/aromatic N) is 1. The van der Waals surface area contributed by atoms with Gasteiger partial charge in [0.2, 0.25) is 5.91 Å². The number of hydrogen-bond donors (Lipinski definition) is 4. The monoisotopic (exact) mass is 618 g/mol. The number of aliphatic hydroxyl groups is 3. The second-order valence-corrected chi connectivity index (χ2v) is 11.5. The summed E-state index contributed by atoms with van der Waals surface area (Å²) < 4.78 is 51.6. The van der Waals surface area contributed by atoms with Crippen LogP contribution in [0.15, 0.2) is 48.0 Å². The number of ether oxygens (including phenoxy) is 2. The molecule has 0 spiro atoms. The zero-order valence-corrected chi connectivity index (χ0v) is 24.3. The van der Waals surface area contributed by atoms with Crippen LogP contribution in [0.25, 0.3) is 0 Å². The highest BCUT2D eigenvalue weighted by atomic mass is 19.4. The van der Waals surface area contributed by atoms with Gasteiger partial charge in [0.25, 0.3) is 5.91 Å². The molecule has 9 nitrogen and oxygen atoms in total. The summed E-state index contributed by atoms with van der Waals surface area (Å²) in [6.07, 6.45) is -0.544. The zero-order chi connectivity index (χ0) is 31.6. The number of amides is 2. The van der Waals surface area contributed by atoms with Gasteiger partial charge in [-0.2, -0.15) is 13.2 Å². The van der Waals surface area contributed by atoms with Crippen molar-refractivity contribution >= 4 is 11.8 Å². The number of alkyl halides is 3. The standard InChI is InChI=1S/C32H37F3N2O7/c1-43-25-15-18(17-39)14-22-26-23(30(41)36-12-13-38)16-24(27(40)29(26)44-28(22)25)37(21-6-4-2-3-5-7-21)31(42)19-8-10-20(11-9-19)32(33,34)35/h8-11,14-16,21,24,26-27,29,38-40H,2-7,12-13,17H2,1H3,(H,36,41)/t24-,26+,27+,29+/m1/s1. The Kier molecular flexibility index (Phi) is 9.52. The van der Waals surface area contributed by atoms with Crippen molar-refractivity contribution in [3.63, 3.8) is 0 Å². The van der Waals surface area contributed by atoms with Crippen molar-refractivity contribution < 1.29 is 47.6 Å². The van der Waals surface area contributed by atoms with E-state index in [1.165, 1.54) is 12.0 Å². The summed E-state index contributed by atoms with van der Waals surface area (Å²) in [5.41, 5.74) is 0.381. The number of fused-ring (bicyclic) bond motifs is 3. The molecule has 0 aromatic heterocycles. The zero-order valence-electron chi connectivity index (χ0n) is 24.3. The summed E-state index contributed by atoms with van der Waals surface area (Å²) in [6.45, 7) is -0.653. The van der Waals surface area contributed by atoms with Gasteiger partial charge < -0.3 is 35.0 Å². The Labute approximate surface area is 253 Å². The normalized spacial score (nSPS) is 23.5. The number of benzene rings is 2. The van der Waals surface area contributed by atoms with E-state index in [-0.39, 0.29) is 36.9 Å². The van der Waals surface area contributed by atoms with Gasteiger partial charge in [-0.05, 0) is 60.9 Å². The van der Waals surface area contributed by atoms with Crippen LogP contribution in [0.5, 0.6) is 11.5 Å². The summed E-state index contributed by atoms with van der Waals surface area (Å²) in [5.74, 6) is -1.27. The van der Waals surface area contributed by atoms with Gasteiger partial charge >= 0.3 is 6.18 Å². The molecule has 12 heteroatoms. The van der Waals surface area contributed by atoms with E-state index in [2.05, 4.69) is 5.32 Å². The predicted octanol–water partition coefficient (Wildman–Crippen LogP) is 3.69. The average molecular weight is 619 g/mol. The van der Waals surface area contributed by atoms with Gasteiger partial charge in [0.1, 0.15) is 12.2 Å². The molecule has 5 rings (SSSR count). The third kappa shape index (κ3) is 6.15. The van der Waals surface area contributed by atoms with Gasteiger partial charge in [-0.25, -0.2) is 0 Å². The van der Waals surface area contributed by atoms with E-state index < -0.39 is 47.7 Å². The number of rotatable bonds is 8. The highest BCUT2D eigenvalue weighted by molar-refractivity contribution is 5.97. The summed E-state index contributed by atoms with van der Waals surface area (Å²) in [6, 6.07) is 5.86. The molecular weight excluding hydrogens is 581 g/mol. The molecule has 2 aliphatic carbocycles. The first-order valence-corrected chi connectivity index (χ1v) is 14.9. The second-order valence-electron chi connectivity index (χ2n) is 11.5. The van der Waals surface area contributed by atoms with Gasteiger partial charge in [-0.3, -0.25) is 9.59 Å². The minimum Gasteiger partial charge on any atom is -0.493 e. The van der Waals surface area contributed by atoms with Gasteiger partial charge in [-0.15, -0.1) is 0 Å². The Morgan fingerprint density at radius 1 is 1.07 bits per heavy atom. The molecule has 0 radical (unpaired) electrons. The molecule has 2 aromatic carbocycles. The Hall–Kier alpha value is -3.61. The number of hydrogen-bond acceptors (Lipinski definition) is 7. The van der Waals surface area contributed by atoms with E-state index in [0.29, 0.717) is 35.5 Å². The van der Waals surface area contributed by atoms with Gasteiger partial charge in [-0.1, -0.05) is 25.7 Å². The lowest BCUT2D eigenvalue weighted by Gasteiger charge is -2.44. The predicted molar refractivity (Wildman–Crippen MR) is 153 cm³/mol. The van der Waals surface area contributed by atoms with Crippen LogP contribution in [-0.4, -0.2) is 76.6 Å². The maximum Gasteiger partial charge on any atom is 0.416 e. The van der Waals surface area contributed by atoms with Crippen LogP contribution in [0.4, 0.5) is 13.2 Å². The number of aliphatic hydroxyl groups excluding tert-OH is 3. The van der Waals surface area contributed by atoms with Crippen molar-refractivity contribution in [2.75, 3.05) is 20.3 Å². The third-order valence-corrected chi connectivity index (χ3v) is 8.73. The van der Waals surface area contributed by atoms with Crippen LogP contribution < -0.4 is 14.8 Å². The first-order valence-electron chi connectivity index (χ1n) is 14.9. The maximum absolute atomic E-state index is 14.2. The highest BCUT2D eigenvalue weighted by Crippen LogP contribution is 2.52. The van der Waals surface area contributed by atoms with E-state index in [0.717, 1.165) is 49.9 Å². The van der Waals surface area contributed by atoms with Crippen molar-refractivity contribution in [3.8, 4) is 11.5 Å². The number of halogens is 3. The molecule has 0 saturated heterocycles. The molecule has 0 unspecified atom stereocenters. The Morgan fingerprint density at radius 3 is 2.34 bits per heavy atom. The lowest BCUT2D eigenvalue weighted by Crippen LogP contribution is -2.58. The van der Waals surface area contributed by atoms with Crippen LogP contribution in [0.2, 0.25) is 0 Å². The van der Waals surface area contributed by atoms with Gasteiger partial charge in [0, 0.05) is 29.3 Å². The lowest BCUT2D eigenvalue weighted by atomic mass is 9.76. The Morgan fingerprint density at radius 2 is 1.75 bits per heavy atom. The summed E-state index contributed by atoms with van der Waals surface area (Å²) in [4.78, 5) is 29.3. The molecule has 1 heterocycles. The SMILES string of the molecule is COc1cc(CO)cc2c1O[C@@H]1[C@@H](O)[C@H](N(C(=O)c3ccc(C(F)(F)F)cc3)C3CCCCCC3)C=C(C(=O)NCCO)[C@H]21. The molecule has 238 valence electrons. The molecule has 4 atom stereocenters. The Balaban J connectivity index is 1.61. The smallest absolute Gasteiger partial charge is 0.416 e. The molecule has 4 N–H and O–H groups in total. The third-order valence-electron chi connectivity index (χ3n) is 8.73. The minimum absolute atomic E-state index is 0.0288. The molecule has 2 amide bonds. The summed E-state index contributed by atoms with van der Waals surface area (Å²) in [5, 5.41) is 33.8. The van der Waals surface area contributed by atoms with Crippen LogP contribution in [0.1, 0.15) is 71.5 Å². The van der Waals surface area contributed by atoms with Crippen molar-refractivity contribution in [2.45, 2.75) is 81.5 Å². The first kappa shape index (κ1) is 31.8. The van der Waals surface area contributed by atoms with Crippen molar-refractivity contribution in [1.29, 1.82) is 0 Å². The molecular formula is C32H37F3N2O7. The topological polar surface area (TPSA) is 129 Å². The average Bonchev–Trinajstić information content (AvgIpc) is 3.20. The van der Waals surface area contributed by atoms with Gasteiger partial charge in [0.15, 0.2) is 11.5 Å². The number of methoxy groups -OCH3 is 1. The van der Waals surface area contributed by atoms with E-state index in [9.17, 15) is 38.1 Å². The van der Waals surface area contributed by atoms with Crippen LogP contribution in [0, 0.1) is 0 Å². The summed E-state index contributed by atoms with van der Waals surface area (Å²) >= 11 is 0. The molecule has 1 fully saturated rings. The molecule has 1 aliphatic heterocycles. The highest BCUT2D eigenvalue weighted by Gasteiger charge is 2.52. The number of nitrogens with one attached hydrogen (secondary N) is 1. The largest absolute Gasteiger partial charge is 0.493 e. The molecule has 44 heavy (non-hydrogen) atoms. The lowest BCUT2D eigenvalue weighted by molar-refractivity contribution is -0.137. The summed E-state index contributed by atoms with van der Waals surface area (Å²) in [7, 11) is 1.43.